The molecule has 3 N–H and O–H groups in total. The number of hydroxylamine groups is 1. The molecule has 2 aromatic rings. The van der Waals surface area contributed by atoms with Crippen LogP contribution in [-0.2, 0) is 21.2 Å². The van der Waals surface area contributed by atoms with Gasteiger partial charge in [-0.15, -0.1) is 0 Å². The van der Waals surface area contributed by atoms with E-state index in [0.29, 0.717) is 12.2 Å². The Bertz CT molecular complexity index is 996. The van der Waals surface area contributed by atoms with E-state index in [2.05, 4.69) is 4.98 Å². The van der Waals surface area contributed by atoms with E-state index in [1.807, 2.05) is 12.1 Å². The molecule has 1 aliphatic rings. The van der Waals surface area contributed by atoms with E-state index >= 15 is 0 Å². The van der Waals surface area contributed by atoms with Gasteiger partial charge in [0, 0.05) is 29.4 Å². The van der Waals surface area contributed by atoms with Crippen molar-refractivity contribution < 1.29 is 23.5 Å². The largest absolute Gasteiger partial charge is 0.507 e. The summed E-state index contributed by atoms with van der Waals surface area (Å²) < 4.78 is 26.9. The SMILES string of the molecule is CC1(C)SCCN(S(=O)(=O)c2ccc(Cc3ccncc3)cc2O)C1C(=O)NO. The predicted octanol–water partition coefficient (Wildman–Crippen LogP) is 1.77. The summed E-state index contributed by atoms with van der Waals surface area (Å²) in [6.45, 7) is 3.58. The summed E-state index contributed by atoms with van der Waals surface area (Å²) in [7, 11) is -4.17. The fourth-order valence-corrected chi connectivity index (χ4v) is 6.65. The van der Waals surface area contributed by atoms with Gasteiger partial charge in [0.15, 0.2) is 0 Å². The van der Waals surface area contributed by atoms with Crippen molar-refractivity contribution in [2.75, 3.05) is 12.3 Å². The molecular weight excluding hydrogens is 414 g/mol. The minimum atomic E-state index is -4.17. The van der Waals surface area contributed by atoms with Gasteiger partial charge >= 0.3 is 0 Å². The molecule has 1 fully saturated rings. The molecule has 0 aliphatic carbocycles. The number of hydrogen-bond acceptors (Lipinski definition) is 7. The lowest BCUT2D eigenvalue weighted by Crippen LogP contribution is -2.61. The highest BCUT2D eigenvalue weighted by Gasteiger charge is 2.48. The van der Waals surface area contributed by atoms with E-state index in [4.69, 9.17) is 5.21 Å². The molecule has 1 amide bonds. The standard InChI is InChI=1S/C19H23N3O5S2/c1-19(2)17(18(24)21-25)22(9-10-28-19)29(26,27)16-4-3-14(12-15(16)23)11-13-5-7-20-8-6-13/h3-8,12,17,23,25H,9-11H2,1-2H3,(H,21,24). The molecule has 8 nitrogen and oxygen atoms in total. The number of benzene rings is 1. The molecule has 0 bridgehead atoms. The third-order valence-electron chi connectivity index (χ3n) is 4.86. The monoisotopic (exact) mass is 437 g/mol. The summed E-state index contributed by atoms with van der Waals surface area (Å²) in [5, 5.41) is 19.6. The topological polar surface area (TPSA) is 120 Å². The predicted molar refractivity (Wildman–Crippen MR) is 109 cm³/mol. The minimum Gasteiger partial charge on any atom is -0.507 e. The van der Waals surface area contributed by atoms with Crippen molar-refractivity contribution in [1.29, 1.82) is 0 Å². The number of phenols is 1. The van der Waals surface area contributed by atoms with Crippen LogP contribution in [0.15, 0.2) is 47.6 Å². The smallest absolute Gasteiger partial charge is 0.263 e. The fraction of sp³-hybridized carbons (Fsp3) is 0.368. The lowest BCUT2D eigenvalue weighted by Gasteiger charge is -2.43. The molecule has 29 heavy (non-hydrogen) atoms. The third kappa shape index (κ3) is 4.40. The Morgan fingerprint density at radius 3 is 2.59 bits per heavy atom. The van der Waals surface area contributed by atoms with Crippen molar-refractivity contribution in [3.05, 3.63) is 53.9 Å². The Kier molecular flexibility index (Phi) is 6.18. The van der Waals surface area contributed by atoms with Gasteiger partial charge in [-0.2, -0.15) is 16.1 Å². The van der Waals surface area contributed by atoms with E-state index in [9.17, 15) is 18.3 Å². The highest BCUT2D eigenvalue weighted by Crippen LogP contribution is 2.39. The first-order valence-corrected chi connectivity index (χ1v) is 11.4. The van der Waals surface area contributed by atoms with Crippen molar-refractivity contribution in [2.24, 2.45) is 0 Å². The number of aromatic hydroxyl groups is 1. The number of thioether (sulfide) groups is 1. The lowest BCUT2D eigenvalue weighted by molar-refractivity contribution is -0.134. The van der Waals surface area contributed by atoms with Crippen molar-refractivity contribution in [3.8, 4) is 5.75 Å². The number of amides is 1. The molecule has 3 rings (SSSR count). The Morgan fingerprint density at radius 2 is 1.97 bits per heavy atom. The van der Waals surface area contributed by atoms with Crippen LogP contribution in [0, 0.1) is 0 Å². The zero-order valence-electron chi connectivity index (χ0n) is 16.1. The number of nitrogens with zero attached hydrogens (tertiary/aromatic N) is 2. The average Bonchev–Trinajstić information content (AvgIpc) is 2.67. The van der Waals surface area contributed by atoms with Gasteiger partial charge in [0.2, 0.25) is 10.0 Å². The Labute approximate surface area is 174 Å². The molecule has 2 heterocycles. The van der Waals surface area contributed by atoms with Crippen LogP contribution in [0.4, 0.5) is 0 Å². The van der Waals surface area contributed by atoms with Crippen LogP contribution in [0.1, 0.15) is 25.0 Å². The second kappa shape index (κ2) is 8.31. The van der Waals surface area contributed by atoms with E-state index in [0.717, 1.165) is 15.4 Å². The van der Waals surface area contributed by atoms with E-state index in [-0.39, 0.29) is 17.2 Å². The summed E-state index contributed by atoms with van der Waals surface area (Å²) in [6.07, 6.45) is 3.84. The van der Waals surface area contributed by atoms with Gasteiger partial charge in [0.1, 0.15) is 16.7 Å². The quantitative estimate of drug-likeness (QED) is 0.482. The lowest BCUT2D eigenvalue weighted by atomic mass is 10.0. The highest BCUT2D eigenvalue weighted by molar-refractivity contribution is 8.01. The number of hydrogen-bond donors (Lipinski definition) is 3. The zero-order valence-corrected chi connectivity index (χ0v) is 17.7. The molecule has 1 aliphatic heterocycles. The minimum absolute atomic E-state index is 0.0900. The number of carbonyl (C=O) groups excluding carboxylic acids is 1. The van der Waals surface area contributed by atoms with Gasteiger partial charge in [0.05, 0.1) is 0 Å². The van der Waals surface area contributed by atoms with Crippen LogP contribution in [-0.4, -0.2) is 57.0 Å². The van der Waals surface area contributed by atoms with Crippen LogP contribution in [0.5, 0.6) is 5.75 Å². The molecule has 1 aromatic carbocycles. The normalized spacial score (nSPS) is 19.6. The summed E-state index contributed by atoms with van der Waals surface area (Å²) in [5.41, 5.74) is 3.29. The Morgan fingerprint density at radius 1 is 1.28 bits per heavy atom. The van der Waals surface area contributed by atoms with Crippen molar-refractivity contribution in [1.82, 2.24) is 14.8 Å². The number of nitrogens with one attached hydrogen (secondary N) is 1. The van der Waals surface area contributed by atoms with Crippen molar-refractivity contribution in [2.45, 2.75) is 36.0 Å². The molecule has 0 saturated carbocycles. The van der Waals surface area contributed by atoms with Crippen LogP contribution < -0.4 is 5.48 Å². The van der Waals surface area contributed by atoms with Crippen LogP contribution in [0.3, 0.4) is 0 Å². The number of rotatable bonds is 5. The molecule has 1 saturated heterocycles. The fourth-order valence-electron chi connectivity index (χ4n) is 3.47. The molecule has 1 unspecified atom stereocenters. The second-order valence-electron chi connectivity index (χ2n) is 7.28. The first-order valence-electron chi connectivity index (χ1n) is 8.97. The van der Waals surface area contributed by atoms with Gasteiger partial charge in [0.25, 0.3) is 5.91 Å². The average molecular weight is 438 g/mol. The molecular formula is C19H23N3O5S2. The summed E-state index contributed by atoms with van der Waals surface area (Å²) in [5.74, 6) is -0.696. The molecule has 0 spiro atoms. The van der Waals surface area contributed by atoms with Crippen molar-refractivity contribution >= 4 is 27.7 Å². The summed E-state index contributed by atoms with van der Waals surface area (Å²) in [6, 6.07) is 6.97. The van der Waals surface area contributed by atoms with Gasteiger partial charge in [-0.05, 0) is 55.7 Å². The summed E-state index contributed by atoms with van der Waals surface area (Å²) >= 11 is 1.45. The number of pyridine rings is 1. The Hall–Kier alpha value is -2.14. The first-order chi connectivity index (χ1) is 13.7. The third-order valence-corrected chi connectivity index (χ3v) is 8.12. The van der Waals surface area contributed by atoms with Crippen LogP contribution in [0.25, 0.3) is 0 Å². The summed E-state index contributed by atoms with van der Waals surface area (Å²) in [4.78, 5) is 16.0. The molecule has 1 atom stereocenters. The van der Waals surface area contributed by atoms with Gasteiger partial charge in [-0.25, -0.2) is 13.9 Å². The second-order valence-corrected chi connectivity index (χ2v) is 10.9. The van der Waals surface area contributed by atoms with E-state index < -0.39 is 26.7 Å². The van der Waals surface area contributed by atoms with Gasteiger partial charge < -0.3 is 5.11 Å². The molecule has 156 valence electrons. The van der Waals surface area contributed by atoms with E-state index in [1.54, 1.807) is 37.8 Å². The molecule has 0 radical (unpaired) electrons. The maximum Gasteiger partial charge on any atom is 0.263 e. The maximum absolute atomic E-state index is 13.3. The molecule has 1 aromatic heterocycles. The van der Waals surface area contributed by atoms with Crippen LogP contribution in [0.2, 0.25) is 0 Å². The maximum atomic E-state index is 13.3. The molecule has 10 heteroatoms. The zero-order chi connectivity index (χ0) is 21.2. The van der Waals surface area contributed by atoms with E-state index in [1.165, 1.54) is 23.9 Å². The number of aromatic nitrogens is 1. The Balaban J connectivity index is 1.94. The number of sulfonamides is 1. The first kappa shape index (κ1) is 21.6. The van der Waals surface area contributed by atoms with Crippen LogP contribution >= 0.6 is 11.8 Å². The van der Waals surface area contributed by atoms with Crippen molar-refractivity contribution in [3.63, 3.8) is 0 Å². The number of phenolic OH excluding ortho intramolecular Hbond substituents is 1. The van der Waals surface area contributed by atoms with Gasteiger partial charge in [-0.1, -0.05) is 6.07 Å². The van der Waals surface area contributed by atoms with Gasteiger partial charge in [-0.3, -0.25) is 15.0 Å². The highest BCUT2D eigenvalue weighted by atomic mass is 32.2. The number of carbonyl (C=O) groups is 1.